The number of benzene rings is 1. The summed E-state index contributed by atoms with van der Waals surface area (Å²) in [6, 6.07) is 10.1. The van der Waals surface area contributed by atoms with Crippen LogP contribution in [0, 0.1) is 0 Å². The molecule has 1 aromatic carbocycles. The van der Waals surface area contributed by atoms with Gasteiger partial charge >= 0.3 is 5.97 Å². The van der Waals surface area contributed by atoms with E-state index in [2.05, 4.69) is 37.3 Å². The predicted octanol–water partition coefficient (Wildman–Crippen LogP) is 3.08. The molecule has 1 rings (SSSR count). The van der Waals surface area contributed by atoms with E-state index in [9.17, 15) is 4.79 Å². The summed E-state index contributed by atoms with van der Waals surface area (Å²) in [6.07, 6.45) is 0.601. The van der Waals surface area contributed by atoms with Crippen LogP contribution < -0.4 is 0 Å². The fourth-order valence-electron chi connectivity index (χ4n) is 1.74. The number of carbonyl (C=O) groups is 1. The van der Waals surface area contributed by atoms with E-state index in [4.69, 9.17) is 0 Å². The van der Waals surface area contributed by atoms with E-state index in [-0.39, 0.29) is 11.4 Å². The van der Waals surface area contributed by atoms with Gasteiger partial charge in [-0.15, -0.1) is 0 Å². The molecule has 0 aliphatic rings. The van der Waals surface area contributed by atoms with Gasteiger partial charge in [-0.1, -0.05) is 50.8 Å². The van der Waals surface area contributed by atoms with E-state index in [1.54, 1.807) is 0 Å². The van der Waals surface area contributed by atoms with Crippen molar-refractivity contribution < 1.29 is 9.53 Å². The molecule has 2 heteroatoms. The predicted molar refractivity (Wildman–Crippen MR) is 65.2 cm³/mol. The minimum atomic E-state index is -0.330. The van der Waals surface area contributed by atoms with Crippen molar-refractivity contribution in [3.63, 3.8) is 0 Å². The van der Waals surface area contributed by atoms with E-state index in [1.165, 1.54) is 12.7 Å². The molecule has 0 heterocycles. The maximum atomic E-state index is 11.3. The molecule has 0 atom stereocenters. The van der Waals surface area contributed by atoms with E-state index < -0.39 is 0 Å². The van der Waals surface area contributed by atoms with Crippen LogP contribution in [0.4, 0.5) is 0 Å². The van der Waals surface area contributed by atoms with Crippen molar-refractivity contribution in [3.8, 4) is 0 Å². The highest BCUT2D eigenvalue weighted by atomic mass is 16.5. The number of methoxy groups -OCH3 is 1. The summed E-state index contributed by atoms with van der Waals surface area (Å²) in [6.45, 7) is 7.95. The quantitative estimate of drug-likeness (QED) is 0.573. The number of ether oxygens (including phenoxy) is 1. The standard InChI is InChI=1S/C14H18O2/c1-11(13(15)16-4)10-14(2,3)12-8-6-5-7-9-12/h5-9H,1,10H2,2-4H3. The van der Waals surface area contributed by atoms with Crippen molar-refractivity contribution in [3.05, 3.63) is 48.0 Å². The zero-order valence-corrected chi connectivity index (χ0v) is 10.1. The van der Waals surface area contributed by atoms with Gasteiger partial charge in [0, 0.05) is 5.57 Å². The number of hydrogen-bond donors (Lipinski definition) is 0. The van der Waals surface area contributed by atoms with E-state index in [0.29, 0.717) is 12.0 Å². The van der Waals surface area contributed by atoms with Crippen molar-refractivity contribution in [2.24, 2.45) is 0 Å². The molecule has 0 spiro atoms. The number of hydrogen-bond acceptors (Lipinski definition) is 2. The Labute approximate surface area is 96.9 Å². The molecule has 0 aromatic heterocycles. The smallest absolute Gasteiger partial charge is 0.333 e. The third-order valence-electron chi connectivity index (χ3n) is 2.68. The molecule has 0 saturated heterocycles. The molecule has 0 amide bonds. The van der Waals surface area contributed by atoms with Gasteiger partial charge < -0.3 is 4.74 Å². The molecule has 0 bridgehead atoms. The Morgan fingerprint density at radius 2 is 1.88 bits per heavy atom. The molecule has 2 nitrogen and oxygen atoms in total. The maximum absolute atomic E-state index is 11.3. The normalized spacial score (nSPS) is 10.9. The van der Waals surface area contributed by atoms with Crippen molar-refractivity contribution >= 4 is 5.97 Å². The Morgan fingerprint density at radius 3 is 2.38 bits per heavy atom. The lowest BCUT2D eigenvalue weighted by Gasteiger charge is -2.25. The van der Waals surface area contributed by atoms with Gasteiger partial charge in [0.25, 0.3) is 0 Å². The molecular weight excluding hydrogens is 200 g/mol. The Bertz CT molecular complexity index is 377. The summed E-state index contributed by atoms with van der Waals surface area (Å²) < 4.78 is 4.66. The maximum Gasteiger partial charge on any atom is 0.333 e. The molecule has 0 unspecified atom stereocenters. The highest BCUT2D eigenvalue weighted by molar-refractivity contribution is 5.87. The van der Waals surface area contributed by atoms with Crippen LogP contribution in [-0.4, -0.2) is 13.1 Å². The van der Waals surface area contributed by atoms with Crippen LogP contribution in [0.25, 0.3) is 0 Å². The second kappa shape index (κ2) is 4.97. The van der Waals surface area contributed by atoms with Gasteiger partial charge in [0.05, 0.1) is 7.11 Å². The summed E-state index contributed by atoms with van der Waals surface area (Å²) in [4.78, 5) is 11.3. The molecule has 0 aliphatic heterocycles. The Balaban J connectivity index is 2.80. The molecule has 0 aliphatic carbocycles. The lowest BCUT2D eigenvalue weighted by molar-refractivity contribution is -0.136. The minimum absolute atomic E-state index is 0.105. The second-order valence-electron chi connectivity index (χ2n) is 4.52. The molecule has 0 N–H and O–H groups in total. The van der Waals surface area contributed by atoms with Crippen molar-refractivity contribution in [2.75, 3.05) is 7.11 Å². The summed E-state index contributed by atoms with van der Waals surface area (Å²) >= 11 is 0. The first-order chi connectivity index (χ1) is 7.47. The Morgan fingerprint density at radius 1 is 1.31 bits per heavy atom. The van der Waals surface area contributed by atoms with E-state index >= 15 is 0 Å². The van der Waals surface area contributed by atoms with Gasteiger partial charge in [0.15, 0.2) is 0 Å². The fourth-order valence-corrected chi connectivity index (χ4v) is 1.74. The summed E-state index contributed by atoms with van der Waals surface area (Å²) in [5.41, 5.74) is 1.60. The largest absolute Gasteiger partial charge is 0.466 e. The highest BCUT2D eigenvalue weighted by Crippen LogP contribution is 2.29. The highest BCUT2D eigenvalue weighted by Gasteiger charge is 2.24. The van der Waals surface area contributed by atoms with Crippen LogP contribution in [0.3, 0.4) is 0 Å². The summed E-state index contributed by atoms with van der Waals surface area (Å²) in [7, 11) is 1.38. The average Bonchev–Trinajstić information content (AvgIpc) is 2.28. The van der Waals surface area contributed by atoms with Crippen LogP contribution in [0.5, 0.6) is 0 Å². The van der Waals surface area contributed by atoms with E-state index in [1.807, 2.05) is 18.2 Å². The second-order valence-corrected chi connectivity index (χ2v) is 4.52. The van der Waals surface area contributed by atoms with Crippen LogP contribution in [0.15, 0.2) is 42.5 Å². The fraction of sp³-hybridized carbons (Fsp3) is 0.357. The molecule has 0 saturated carbocycles. The van der Waals surface area contributed by atoms with Crippen molar-refractivity contribution in [1.29, 1.82) is 0 Å². The molecule has 0 radical (unpaired) electrons. The third-order valence-corrected chi connectivity index (χ3v) is 2.68. The van der Waals surface area contributed by atoms with Crippen LogP contribution in [0.1, 0.15) is 25.8 Å². The van der Waals surface area contributed by atoms with Gasteiger partial charge in [-0.05, 0) is 17.4 Å². The number of carbonyl (C=O) groups excluding carboxylic acids is 1. The van der Waals surface area contributed by atoms with Gasteiger partial charge in [-0.2, -0.15) is 0 Å². The topological polar surface area (TPSA) is 26.3 Å². The zero-order valence-electron chi connectivity index (χ0n) is 10.1. The molecule has 86 valence electrons. The lowest BCUT2D eigenvalue weighted by Crippen LogP contribution is -2.20. The molecule has 1 aromatic rings. The molecule has 0 fully saturated rings. The third kappa shape index (κ3) is 2.96. The first-order valence-corrected chi connectivity index (χ1v) is 5.29. The zero-order chi connectivity index (χ0) is 12.2. The van der Waals surface area contributed by atoms with E-state index in [0.717, 1.165) is 0 Å². The summed E-state index contributed by atoms with van der Waals surface area (Å²) in [5, 5.41) is 0. The Kier molecular flexibility index (Phi) is 3.88. The molecular formula is C14H18O2. The van der Waals surface area contributed by atoms with Gasteiger partial charge in [0.1, 0.15) is 0 Å². The first-order valence-electron chi connectivity index (χ1n) is 5.29. The van der Waals surface area contributed by atoms with Gasteiger partial charge in [-0.3, -0.25) is 0 Å². The van der Waals surface area contributed by atoms with Crippen LogP contribution in [-0.2, 0) is 14.9 Å². The van der Waals surface area contributed by atoms with Crippen LogP contribution >= 0.6 is 0 Å². The van der Waals surface area contributed by atoms with Gasteiger partial charge in [0.2, 0.25) is 0 Å². The lowest BCUT2D eigenvalue weighted by atomic mass is 9.79. The molecule has 16 heavy (non-hydrogen) atoms. The van der Waals surface area contributed by atoms with Gasteiger partial charge in [-0.25, -0.2) is 4.79 Å². The van der Waals surface area contributed by atoms with Crippen molar-refractivity contribution in [1.82, 2.24) is 0 Å². The van der Waals surface area contributed by atoms with Crippen LogP contribution in [0.2, 0.25) is 0 Å². The summed E-state index contributed by atoms with van der Waals surface area (Å²) in [5.74, 6) is -0.330. The Hall–Kier alpha value is -1.57. The first kappa shape index (κ1) is 12.5. The average molecular weight is 218 g/mol. The minimum Gasteiger partial charge on any atom is -0.466 e. The number of esters is 1. The number of rotatable bonds is 4. The monoisotopic (exact) mass is 218 g/mol. The SMILES string of the molecule is C=C(CC(C)(C)c1ccccc1)C(=O)OC. The van der Waals surface area contributed by atoms with Crippen molar-refractivity contribution in [2.45, 2.75) is 25.7 Å².